The number of anilines is 1. The van der Waals surface area contributed by atoms with Crippen LogP contribution < -0.4 is 20.5 Å². The largest absolute Gasteiger partial charge is 0.489 e. The van der Waals surface area contributed by atoms with Crippen molar-refractivity contribution in [1.82, 2.24) is 0 Å². The van der Waals surface area contributed by atoms with Crippen molar-refractivity contribution >= 4 is 22.5 Å². The summed E-state index contributed by atoms with van der Waals surface area (Å²) in [6.07, 6.45) is 1.85. The van der Waals surface area contributed by atoms with Crippen LogP contribution in [0.15, 0.2) is 51.7 Å². The van der Waals surface area contributed by atoms with E-state index < -0.39 is 10.9 Å². The summed E-state index contributed by atoms with van der Waals surface area (Å²) in [4.78, 5) is 26.3. The monoisotopic (exact) mass is 361 g/mol. The second-order valence-corrected chi connectivity index (χ2v) is 7.41. The number of hydrogen-bond donors (Lipinski definition) is 0. The molecule has 1 heterocycles. The second-order valence-electron chi connectivity index (χ2n) is 7.41. The lowest BCUT2D eigenvalue weighted by Crippen LogP contribution is -2.36. The Bertz CT molecular complexity index is 1150. The molecule has 0 aliphatic carbocycles. The number of likely N-dealkylation sites (N-methyl/N-ethyl adjacent to an activating group) is 1. The molecule has 0 fully saturated rings. The molecule has 4 nitrogen and oxygen atoms in total. The topological polar surface area (TPSA) is 46.6 Å². The first-order valence-electron chi connectivity index (χ1n) is 9.39. The summed E-state index contributed by atoms with van der Waals surface area (Å²) in [6, 6.07) is 12.7. The number of ether oxygens (including phenoxy) is 1. The number of allylic oxidation sites excluding steroid dienone is 1. The minimum atomic E-state index is -0.523. The van der Waals surface area contributed by atoms with E-state index in [0.29, 0.717) is 12.2 Å². The van der Waals surface area contributed by atoms with E-state index in [1.807, 2.05) is 19.1 Å². The molecular weight excluding hydrogens is 338 g/mol. The molecule has 27 heavy (non-hydrogen) atoms. The third-order valence-corrected chi connectivity index (χ3v) is 5.54. The lowest BCUT2D eigenvalue weighted by atomic mass is 9.80. The van der Waals surface area contributed by atoms with Gasteiger partial charge in [-0.05, 0) is 42.3 Å². The van der Waals surface area contributed by atoms with Crippen LogP contribution in [0.4, 0.5) is 5.69 Å². The van der Waals surface area contributed by atoms with Crippen LogP contribution in [0.3, 0.4) is 0 Å². The number of nitrogens with zero attached hydrogens (tertiary/aromatic N) is 1. The summed E-state index contributed by atoms with van der Waals surface area (Å²) in [7, 11) is 0. The van der Waals surface area contributed by atoms with Crippen molar-refractivity contribution in [3.63, 3.8) is 0 Å². The first kappa shape index (κ1) is 17.5. The molecule has 4 rings (SSSR count). The van der Waals surface area contributed by atoms with Crippen molar-refractivity contribution in [3.8, 4) is 5.75 Å². The van der Waals surface area contributed by atoms with Gasteiger partial charge in [0.05, 0.1) is 12.2 Å². The van der Waals surface area contributed by atoms with Crippen molar-refractivity contribution in [2.24, 2.45) is 0 Å². The predicted molar refractivity (Wildman–Crippen MR) is 110 cm³/mol. The molecule has 1 aliphatic heterocycles. The van der Waals surface area contributed by atoms with Crippen LogP contribution in [0.5, 0.6) is 5.75 Å². The maximum atomic E-state index is 12.2. The number of fused-ring (bicyclic) bond motifs is 3. The highest BCUT2D eigenvalue weighted by Gasteiger charge is 2.41. The zero-order valence-electron chi connectivity index (χ0n) is 16.1. The van der Waals surface area contributed by atoms with E-state index in [0.717, 1.165) is 17.9 Å². The average Bonchev–Trinajstić information content (AvgIpc) is 2.90. The van der Waals surface area contributed by atoms with Gasteiger partial charge in [-0.15, -0.1) is 0 Å². The zero-order valence-corrected chi connectivity index (χ0v) is 16.1. The first-order valence-corrected chi connectivity index (χ1v) is 9.39. The summed E-state index contributed by atoms with van der Waals surface area (Å²) < 4.78 is 5.41. The molecule has 3 aromatic carbocycles. The molecule has 138 valence electrons. The summed E-state index contributed by atoms with van der Waals surface area (Å²) in [6.45, 7) is 9.40. The molecule has 0 unspecified atom stereocenters. The molecule has 0 bridgehead atoms. The van der Waals surface area contributed by atoms with Gasteiger partial charge >= 0.3 is 0 Å². The summed E-state index contributed by atoms with van der Waals surface area (Å²) in [5.41, 5.74) is 2.54. The highest BCUT2D eigenvalue weighted by molar-refractivity contribution is 5.95. The Hall–Kier alpha value is -2.88. The van der Waals surface area contributed by atoms with Crippen LogP contribution in [-0.2, 0) is 5.41 Å². The van der Waals surface area contributed by atoms with E-state index in [1.54, 1.807) is 0 Å². The Morgan fingerprint density at radius 1 is 1.04 bits per heavy atom. The average molecular weight is 361 g/mol. The maximum Gasteiger partial charge on any atom is 0.268 e. The molecule has 4 heteroatoms. The fourth-order valence-electron chi connectivity index (χ4n) is 4.28. The van der Waals surface area contributed by atoms with Gasteiger partial charge in [-0.2, -0.15) is 0 Å². The molecule has 0 aromatic heterocycles. The van der Waals surface area contributed by atoms with E-state index in [9.17, 15) is 9.59 Å². The Morgan fingerprint density at radius 3 is 2.48 bits per heavy atom. The molecule has 0 spiro atoms. The van der Waals surface area contributed by atoms with Crippen LogP contribution in [0, 0.1) is 0 Å². The summed E-state index contributed by atoms with van der Waals surface area (Å²) in [5, 5.41) is 2.42. The third kappa shape index (κ3) is 2.36. The van der Waals surface area contributed by atoms with Gasteiger partial charge in [0.2, 0.25) is 5.43 Å². The van der Waals surface area contributed by atoms with Gasteiger partial charge < -0.3 is 9.64 Å². The predicted octanol–water partition coefficient (Wildman–Crippen LogP) is 3.99. The van der Waals surface area contributed by atoms with Crippen LogP contribution >= 0.6 is 0 Å². The van der Waals surface area contributed by atoms with E-state index in [2.05, 4.69) is 56.0 Å². The Kier molecular flexibility index (Phi) is 3.95. The Balaban J connectivity index is 1.95. The van der Waals surface area contributed by atoms with E-state index >= 15 is 0 Å². The van der Waals surface area contributed by atoms with Crippen LogP contribution in [-0.4, -0.2) is 13.2 Å². The third-order valence-electron chi connectivity index (χ3n) is 5.54. The lowest BCUT2D eigenvalue weighted by Gasteiger charge is -2.27. The highest BCUT2D eigenvalue weighted by atomic mass is 16.5. The van der Waals surface area contributed by atoms with Gasteiger partial charge in [0.1, 0.15) is 0 Å². The molecular formula is C23H23NO3. The summed E-state index contributed by atoms with van der Waals surface area (Å²) >= 11 is 0. The van der Waals surface area contributed by atoms with Gasteiger partial charge in [0, 0.05) is 23.3 Å². The van der Waals surface area contributed by atoms with E-state index in [-0.39, 0.29) is 11.2 Å². The van der Waals surface area contributed by atoms with Crippen molar-refractivity contribution in [2.75, 3.05) is 18.1 Å². The lowest BCUT2D eigenvalue weighted by molar-refractivity contribution is 0.332. The van der Waals surface area contributed by atoms with Gasteiger partial charge in [-0.1, -0.05) is 44.2 Å². The summed E-state index contributed by atoms with van der Waals surface area (Å²) in [5.74, 6) is 0.197. The molecule has 0 N–H and O–H groups in total. The minimum Gasteiger partial charge on any atom is -0.489 e. The van der Waals surface area contributed by atoms with E-state index in [1.165, 1.54) is 16.3 Å². The van der Waals surface area contributed by atoms with Crippen LogP contribution in [0.25, 0.3) is 16.8 Å². The van der Waals surface area contributed by atoms with Gasteiger partial charge in [0.25, 0.3) is 5.43 Å². The molecule has 0 amide bonds. The molecule has 0 saturated carbocycles. The minimum absolute atomic E-state index is 0.197. The highest BCUT2D eigenvalue weighted by Crippen LogP contribution is 2.51. The van der Waals surface area contributed by atoms with Crippen molar-refractivity contribution < 1.29 is 4.74 Å². The number of benzene rings is 2. The number of hydrogen-bond acceptors (Lipinski definition) is 4. The molecule has 0 radical (unpaired) electrons. The SMILES string of the molecule is CCOc1c(C=C2N(CC)c3ccc4ccccc4c3C2(C)C)c(=O)c1=O. The van der Waals surface area contributed by atoms with E-state index in [4.69, 9.17) is 4.74 Å². The fourth-order valence-corrected chi connectivity index (χ4v) is 4.28. The molecule has 0 atom stereocenters. The van der Waals surface area contributed by atoms with Gasteiger partial charge in [-0.3, -0.25) is 9.59 Å². The first-order chi connectivity index (χ1) is 12.9. The van der Waals surface area contributed by atoms with Gasteiger partial charge in [-0.25, -0.2) is 0 Å². The molecule has 0 saturated heterocycles. The molecule has 3 aromatic rings. The maximum absolute atomic E-state index is 12.2. The van der Waals surface area contributed by atoms with Crippen molar-refractivity contribution in [2.45, 2.75) is 33.1 Å². The van der Waals surface area contributed by atoms with Crippen molar-refractivity contribution in [1.29, 1.82) is 0 Å². The standard InChI is InChI=1S/C23H23NO3/c1-5-24-17-12-11-14-9-7-8-10-15(14)19(17)23(3,4)18(24)13-16-20(25)21(26)22(16)27-6-2/h7-13H,5-6H2,1-4H3. The Labute approximate surface area is 158 Å². The molecule has 1 aliphatic rings. The normalized spacial score (nSPS) is 17.0. The quantitative estimate of drug-likeness (QED) is 0.659. The Morgan fingerprint density at radius 2 is 1.78 bits per heavy atom. The number of rotatable bonds is 4. The van der Waals surface area contributed by atoms with Crippen LogP contribution in [0.2, 0.25) is 0 Å². The van der Waals surface area contributed by atoms with Gasteiger partial charge in [0.15, 0.2) is 5.75 Å². The zero-order chi connectivity index (χ0) is 19.3. The van der Waals surface area contributed by atoms with Crippen LogP contribution in [0.1, 0.15) is 38.8 Å². The smallest absolute Gasteiger partial charge is 0.268 e. The second kappa shape index (κ2) is 6.08. The fraction of sp³-hybridized carbons (Fsp3) is 0.304. The van der Waals surface area contributed by atoms with Crippen molar-refractivity contribution in [3.05, 3.63) is 73.7 Å².